The first kappa shape index (κ1) is 15.9. The molecule has 2 rings (SSSR count). The molecule has 0 N–H and O–H groups in total. The average Bonchev–Trinajstić information content (AvgIpc) is 2.79. The second-order valence-corrected chi connectivity index (χ2v) is 6.61. The van der Waals surface area contributed by atoms with Crippen molar-refractivity contribution in [3.05, 3.63) is 17.7 Å². The Morgan fingerprint density at radius 2 is 2.19 bits per heavy atom. The Hall–Kier alpha value is -1.52. The van der Waals surface area contributed by atoms with Gasteiger partial charge in [0, 0.05) is 51.5 Å². The molecule has 1 fully saturated rings. The zero-order chi connectivity index (χ0) is 15.6. The van der Waals surface area contributed by atoms with Gasteiger partial charge in [0.2, 0.25) is 0 Å². The van der Waals surface area contributed by atoms with E-state index in [0.29, 0.717) is 12.0 Å². The number of carbonyl (C=O) groups excluding carboxylic acids is 1. The van der Waals surface area contributed by atoms with Crippen LogP contribution in [0.2, 0.25) is 0 Å². The van der Waals surface area contributed by atoms with E-state index < -0.39 is 0 Å². The molecule has 0 aliphatic carbocycles. The Balaban J connectivity index is 2.05. The summed E-state index contributed by atoms with van der Waals surface area (Å²) in [6.45, 7) is 8.23. The summed E-state index contributed by atoms with van der Waals surface area (Å²) in [5.74, 6) is 1.67. The molecule has 1 unspecified atom stereocenters. The van der Waals surface area contributed by atoms with Crippen LogP contribution in [0.5, 0.6) is 0 Å². The predicted octanol–water partition coefficient (Wildman–Crippen LogP) is 2.71. The Bertz CT molecular complexity index is 492. The number of imidazole rings is 1. The van der Waals surface area contributed by atoms with Gasteiger partial charge in [-0.15, -0.1) is 0 Å². The van der Waals surface area contributed by atoms with Gasteiger partial charge in [0.15, 0.2) is 0 Å². The zero-order valence-corrected chi connectivity index (χ0v) is 14.0. The molecule has 1 atom stereocenters. The van der Waals surface area contributed by atoms with Gasteiger partial charge < -0.3 is 14.4 Å². The maximum absolute atomic E-state index is 12.1. The van der Waals surface area contributed by atoms with Crippen LogP contribution >= 0.6 is 0 Å². The maximum Gasteiger partial charge on any atom is 0.319 e. The zero-order valence-electron chi connectivity index (χ0n) is 14.0. The summed E-state index contributed by atoms with van der Waals surface area (Å²) in [5.41, 5.74) is 1.22. The first-order chi connectivity index (χ1) is 9.90. The Kier molecular flexibility index (Phi) is 4.91. The number of likely N-dealkylation sites (tertiary alicyclic amines) is 1. The molecule has 118 valence electrons. The standard InChI is InChI=1S/C16H28N4O/c1-12(2)20-13(3)10-17-15(20)9-14-7-6-8-19(11-14)16(21)18(4)5/h10,12,14H,6-9,11H2,1-5H3. The number of rotatable bonds is 3. The lowest BCUT2D eigenvalue weighted by Crippen LogP contribution is -2.45. The van der Waals surface area contributed by atoms with Gasteiger partial charge in [0.05, 0.1) is 0 Å². The Morgan fingerprint density at radius 3 is 2.81 bits per heavy atom. The van der Waals surface area contributed by atoms with E-state index in [0.717, 1.165) is 31.8 Å². The molecular formula is C16H28N4O. The van der Waals surface area contributed by atoms with E-state index in [-0.39, 0.29) is 6.03 Å². The highest BCUT2D eigenvalue weighted by Gasteiger charge is 2.26. The van der Waals surface area contributed by atoms with E-state index in [1.807, 2.05) is 25.2 Å². The van der Waals surface area contributed by atoms with Gasteiger partial charge in [-0.25, -0.2) is 9.78 Å². The number of urea groups is 1. The van der Waals surface area contributed by atoms with E-state index in [1.165, 1.54) is 12.1 Å². The van der Waals surface area contributed by atoms with Gasteiger partial charge in [-0.1, -0.05) is 0 Å². The lowest BCUT2D eigenvalue weighted by molar-refractivity contribution is 0.142. The highest BCUT2D eigenvalue weighted by Crippen LogP contribution is 2.23. The second-order valence-electron chi connectivity index (χ2n) is 6.61. The van der Waals surface area contributed by atoms with Crippen molar-refractivity contribution < 1.29 is 4.79 Å². The molecule has 1 aromatic rings. The first-order valence-corrected chi connectivity index (χ1v) is 7.89. The van der Waals surface area contributed by atoms with E-state index >= 15 is 0 Å². The number of piperidine rings is 1. The monoisotopic (exact) mass is 292 g/mol. The largest absolute Gasteiger partial charge is 0.331 e. The van der Waals surface area contributed by atoms with Crippen molar-refractivity contribution in [3.63, 3.8) is 0 Å². The lowest BCUT2D eigenvalue weighted by Gasteiger charge is -2.34. The summed E-state index contributed by atoms with van der Waals surface area (Å²) in [6, 6.07) is 0.564. The van der Waals surface area contributed by atoms with Gasteiger partial charge >= 0.3 is 6.03 Å². The average molecular weight is 292 g/mol. The molecule has 1 saturated heterocycles. The molecule has 21 heavy (non-hydrogen) atoms. The van der Waals surface area contributed by atoms with Crippen molar-refractivity contribution in [1.29, 1.82) is 0 Å². The van der Waals surface area contributed by atoms with Crippen LogP contribution in [0.15, 0.2) is 6.20 Å². The molecule has 2 amide bonds. The number of aryl methyl sites for hydroxylation is 1. The van der Waals surface area contributed by atoms with Crippen molar-refractivity contribution in [2.24, 2.45) is 5.92 Å². The molecule has 5 heteroatoms. The third-order valence-electron chi connectivity index (χ3n) is 4.22. The quantitative estimate of drug-likeness (QED) is 0.859. The normalized spacial score (nSPS) is 19.1. The smallest absolute Gasteiger partial charge is 0.319 e. The molecule has 0 radical (unpaired) electrons. The molecule has 1 aliphatic heterocycles. The summed E-state index contributed by atoms with van der Waals surface area (Å²) < 4.78 is 2.31. The van der Waals surface area contributed by atoms with Crippen LogP contribution in [-0.2, 0) is 6.42 Å². The third-order valence-corrected chi connectivity index (χ3v) is 4.22. The molecule has 0 spiro atoms. The van der Waals surface area contributed by atoms with E-state index in [4.69, 9.17) is 0 Å². The van der Waals surface area contributed by atoms with Crippen LogP contribution in [0.4, 0.5) is 4.79 Å². The minimum Gasteiger partial charge on any atom is -0.331 e. The van der Waals surface area contributed by atoms with Crippen molar-refractivity contribution in [3.8, 4) is 0 Å². The fourth-order valence-corrected chi connectivity index (χ4v) is 3.30. The third kappa shape index (κ3) is 3.57. The van der Waals surface area contributed by atoms with Crippen molar-refractivity contribution >= 4 is 6.03 Å². The maximum atomic E-state index is 12.1. The van der Waals surface area contributed by atoms with Crippen LogP contribution in [-0.4, -0.2) is 52.6 Å². The van der Waals surface area contributed by atoms with Crippen molar-refractivity contribution in [2.75, 3.05) is 27.2 Å². The van der Waals surface area contributed by atoms with Crippen molar-refractivity contribution in [2.45, 2.75) is 46.1 Å². The Labute approximate surface area is 127 Å². The summed E-state index contributed by atoms with van der Waals surface area (Å²) >= 11 is 0. The number of carbonyl (C=O) groups is 1. The molecule has 2 heterocycles. The van der Waals surface area contributed by atoms with Crippen LogP contribution in [0.3, 0.4) is 0 Å². The molecule has 1 aromatic heterocycles. The highest BCUT2D eigenvalue weighted by molar-refractivity contribution is 5.73. The fourth-order valence-electron chi connectivity index (χ4n) is 3.30. The van der Waals surface area contributed by atoms with Gasteiger partial charge in [-0.2, -0.15) is 0 Å². The molecule has 0 saturated carbocycles. The summed E-state index contributed by atoms with van der Waals surface area (Å²) in [5, 5.41) is 0. The summed E-state index contributed by atoms with van der Waals surface area (Å²) in [4.78, 5) is 20.3. The van der Waals surface area contributed by atoms with E-state index in [1.54, 1.807) is 4.90 Å². The SMILES string of the molecule is Cc1cnc(CC2CCCN(C(=O)N(C)C)C2)n1C(C)C. The predicted molar refractivity (Wildman–Crippen MR) is 84.4 cm³/mol. The van der Waals surface area contributed by atoms with Gasteiger partial charge in [-0.05, 0) is 39.5 Å². The van der Waals surface area contributed by atoms with Crippen LogP contribution in [0, 0.1) is 12.8 Å². The van der Waals surface area contributed by atoms with Gasteiger partial charge in [0.25, 0.3) is 0 Å². The van der Waals surface area contributed by atoms with Crippen LogP contribution < -0.4 is 0 Å². The van der Waals surface area contributed by atoms with Crippen LogP contribution in [0.1, 0.15) is 44.2 Å². The molecular weight excluding hydrogens is 264 g/mol. The van der Waals surface area contributed by atoms with Crippen molar-refractivity contribution in [1.82, 2.24) is 19.4 Å². The number of nitrogens with zero attached hydrogens (tertiary/aromatic N) is 4. The number of hydrogen-bond acceptors (Lipinski definition) is 2. The molecule has 0 bridgehead atoms. The summed E-state index contributed by atoms with van der Waals surface area (Å²) in [6.07, 6.45) is 5.19. The minimum atomic E-state index is 0.128. The molecule has 5 nitrogen and oxygen atoms in total. The molecule has 0 aromatic carbocycles. The van der Waals surface area contributed by atoms with Crippen LogP contribution in [0.25, 0.3) is 0 Å². The Morgan fingerprint density at radius 1 is 1.48 bits per heavy atom. The number of amides is 2. The van der Waals surface area contributed by atoms with E-state index in [9.17, 15) is 4.79 Å². The lowest BCUT2D eigenvalue weighted by atomic mass is 9.94. The molecule has 1 aliphatic rings. The van der Waals surface area contributed by atoms with Gasteiger partial charge in [-0.3, -0.25) is 0 Å². The second kappa shape index (κ2) is 6.50. The summed E-state index contributed by atoms with van der Waals surface area (Å²) in [7, 11) is 3.64. The van der Waals surface area contributed by atoms with E-state index in [2.05, 4.69) is 30.3 Å². The topological polar surface area (TPSA) is 41.4 Å². The first-order valence-electron chi connectivity index (χ1n) is 7.89. The number of hydrogen-bond donors (Lipinski definition) is 0. The minimum absolute atomic E-state index is 0.128. The highest BCUT2D eigenvalue weighted by atomic mass is 16.2. The number of aromatic nitrogens is 2. The fraction of sp³-hybridized carbons (Fsp3) is 0.750. The van der Waals surface area contributed by atoms with Gasteiger partial charge in [0.1, 0.15) is 5.82 Å².